The second-order valence-corrected chi connectivity index (χ2v) is 5.08. The molecule has 0 bridgehead atoms. The number of aromatic nitrogens is 3. The maximum atomic E-state index is 5.89. The first kappa shape index (κ1) is 12.8. The Labute approximate surface area is 118 Å². The van der Waals surface area contributed by atoms with E-state index in [0.29, 0.717) is 6.54 Å². The molecule has 3 aromatic rings. The summed E-state index contributed by atoms with van der Waals surface area (Å²) in [5.41, 5.74) is 11.2. The van der Waals surface area contributed by atoms with Crippen molar-refractivity contribution < 1.29 is 0 Å². The van der Waals surface area contributed by atoms with Gasteiger partial charge in [0.05, 0.1) is 11.2 Å². The summed E-state index contributed by atoms with van der Waals surface area (Å²) in [5.74, 6) is 0.833. The van der Waals surface area contributed by atoms with Crippen molar-refractivity contribution in [2.24, 2.45) is 5.73 Å². The average Bonchev–Trinajstić information content (AvgIpc) is 2.73. The first-order chi connectivity index (χ1) is 9.61. The van der Waals surface area contributed by atoms with Gasteiger partial charge < -0.3 is 5.73 Å². The summed E-state index contributed by atoms with van der Waals surface area (Å²) in [7, 11) is 0. The molecule has 2 N–H and O–H groups in total. The van der Waals surface area contributed by atoms with Crippen LogP contribution in [0.5, 0.6) is 0 Å². The van der Waals surface area contributed by atoms with Crippen molar-refractivity contribution in [2.45, 2.75) is 27.3 Å². The van der Waals surface area contributed by atoms with Gasteiger partial charge in [-0.15, -0.1) is 0 Å². The van der Waals surface area contributed by atoms with E-state index in [0.717, 1.165) is 33.7 Å². The van der Waals surface area contributed by atoms with Crippen LogP contribution in [0.1, 0.15) is 22.5 Å². The quantitative estimate of drug-likeness (QED) is 0.776. The van der Waals surface area contributed by atoms with E-state index in [-0.39, 0.29) is 0 Å². The molecule has 0 saturated heterocycles. The molecule has 2 heterocycles. The maximum absolute atomic E-state index is 5.89. The van der Waals surface area contributed by atoms with Gasteiger partial charge >= 0.3 is 0 Å². The van der Waals surface area contributed by atoms with Gasteiger partial charge in [0.2, 0.25) is 0 Å². The highest BCUT2D eigenvalue weighted by molar-refractivity contribution is 5.80. The van der Waals surface area contributed by atoms with Crippen molar-refractivity contribution in [3.63, 3.8) is 0 Å². The predicted molar refractivity (Wildman–Crippen MR) is 81.0 cm³/mol. The van der Waals surface area contributed by atoms with Gasteiger partial charge in [0, 0.05) is 23.2 Å². The highest BCUT2D eigenvalue weighted by Crippen LogP contribution is 2.22. The van der Waals surface area contributed by atoms with E-state index in [4.69, 9.17) is 10.7 Å². The van der Waals surface area contributed by atoms with Crippen LogP contribution in [0, 0.1) is 20.8 Å². The van der Waals surface area contributed by atoms with Crippen LogP contribution in [0.3, 0.4) is 0 Å². The smallest absolute Gasteiger partial charge is 0.158 e. The number of para-hydroxylation sites is 1. The number of hydrogen-bond acceptors (Lipinski definition) is 3. The van der Waals surface area contributed by atoms with Crippen LogP contribution < -0.4 is 5.73 Å². The van der Waals surface area contributed by atoms with Crippen molar-refractivity contribution >= 4 is 10.9 Å². The zero-order valence-electron chi connectivity index (χ0n) is 12.0. The van der Waals surface area contributed by atoms with Crippen LogP contribution >= 0.6 is 0 Å². The molecule has 0 unspecified atom stereocenters. The topological polar surface area (TPSA) is 56.7 Å². The molecule has 2 aromatic heterocycles. The lowest BCUT2D eigenvalue weighted by molar-refractivity contribution is 0.793. The number of fused-ring (bicyclic) bond motifs is 1. The van der Waals surface area contributed by atoms with Crippen LogP contribution in [0.2, 0.25) is 0 Å². The maximum Gasteiger partial charge on any atom is 0.158 e. The van der Waals surface area contributed by atoms with Crippen molar-refractivity contribution in [2.75, 3.05) is 0 Å². The van der Waals surface area contributed by atoms with Crippen LogP contribution in [0.15, 0.2) is 30.3 Å². The first-order valence-corrected chi connectivity index (χ1v) is 6.73. The molecule has 0 aliphatic heterocycles. The molecular formula is C16H18N4. The zero-order valence-corrected chi connectivity index (χ0v) is 12.0. The largest absolute Gasteiger partial charge is 0.326 e. The molecule has 0 saturated carbocycles. The molecule has 20 heavy (non-hydrogen) atoms. The van der Waals surface area contributed by atoms with Gasteiger partial charge in [0.1, 0.15) is 0 Å². The summed E-state index contributed by atoms with van der Waals surface area (Å²) in [6.07, 6.45) is 0. The Hall–Kier alpha value is -2.20. The Morgan fingerprint density at radius 1 is 1.15 bits per heavy atom. The highest BCUT2D eigenvalue weighted by Gasteiger charge is 2.14. The molecule has 4 heteroatoms. The second-order valence-electron chi connectivity index (χ2n) is 5.08. The monoisotopic (exact) mass is 266 g/mol. The van der Waals surface area contributed by atoms with E-state index in [9.17, 15) is 0 Å². The Balaban J connectivity index is 2.31. The fourth-order valence-corrected chi connectivity index (χ4v) is 2.41. The van der Waals surface area contributed by atoms with Gasteiger partial charge in [-0.2, -0.15) is 5.10 Å². The lowest BCUT2D eigenvalue weighted by Crippen LogP contribution is -2.09. The van der Waals surface area contributed by atoms with Crippen LogP contribution in [-0.4, -0.2) is 14.8 Å². The number of pyridine rings is 1. The molecule has 1 aromatic carbocycles. The minimum atomic E-state index is 0.449. The van der Waals surface area contributed by atoms with E-state index in [1.807, 2.05) is 29.8 Å². The fraction of sp³-hybridized carbons (Fsp3) is 0.250. The normalized spacial score (nSPS) is 11.2. The third-order valence-electron chi connectivity index (χ3n) is 3.85. The molecule has 0 atom stereocenters. The number of aryl methyl sites for hydroxylation is 1. The summed E-state index contributed by atoms with van der Waals surface area (Å²) in [4.78, 5) is 4.75. The van der Waals surface area contributed by atoms with Gasteiger partial charge in [-0.05, 0) is 38.5 Å². The zero-order chi connectivity index (χ0) is 14.3. The first-order valence-electron chi connectivity index (χ1n) is 6.73. The van der Waals surface area contributed by atoms with Crippen molar-refractivity contribution in [1.82, 2.24) is 14.8 Å². The summed E-state index contributed by atoms with van der Waals surface area (Å²) in [6.45, 7) is 6.61. The molecule has 4 nitrogen and oxygen atoms in total. The molecule has 0 spiro atoms. The minimum absolute atomic E-state index is 0.449. The summed E-state index contributed by atoms with van der Waals surface area (Å²) in [6, 6.07) is 10.2. The SMILES string of the molecule is Cc1nn(-c2nc3ccccc3cc2CN)c(C)c1C. The Bertz CT molecular complexity index is 787. The van der Waals surface area contributed by atoms with Gasteiger partial charge in [-0.1, -0.05) is 18.2 Å². The highest BCUT2D eigenvalue weighted by atomic mass is 15.3. The lowest BCUT2D eigenvalue weighted by Gasteiger charge is -2.10. The van der Waals surface area contributed by atoms with Crippen molar-refractivity contribution in [3.8, 4) is 5.82 Å². The van der Waals surface area contributed by atoms with E-state index in [1.54, 1.807) is 0 Å². The van der Waals surface area contributed by atoms with Crippen LogP contribution in [-0.2, 0) is 6.54 Å². The molecule has 0 fully saturated rings. The Morgan fingerprint density at radius 2 is 1.90 bits per heavy atom. The molecule has 0 amide bonds. The van der Waals surface area contributed by atoms with E-state index >= 15 is 0 Å². The van der Waals surface area contributed by atoms with Gasteiger partial charge in [0.15, 0.2) is 5.82 Å². The summed E-state index contributed by atoms with van der Waals surface area (Å²) in [5, 5.41) is 5.70. The Kier molecular flexibility index (Phi) is 3.03. The number of rotatable bonds is 2. The van der Waals surface area contributed by atoms with Gasteiger partial charge in [0.25, 0.3) is 0 Å². The van der Waals surface area contributed by atoms with Crippen LogP contribution in [0.25, 0.3) is 16.7 Å². The van der Waals surface area contributed by atoms with Crippen molar-refractivity contribution in [3.05, 3.63) is 52.8 Å². The standard InChI is InChI=1S/C16H18N4/c1-10-11(2)19-20(12(10)3)16-14(9-17)8-13-6-4-5-7-15(13)18-16/h4-8H,9,17H2,1-3H3. The summed E-state index contributed by atoms with van der Waals surface area (Å²) < 4.78 is 1.90. The lowest BCUT2D eigenvalue weighted by atomic mass is 10.1. The predicted octanol–water partition coefficient (Wildman–Crippen LogP) is 2.80. The average molecular weight is 266 g/mol. The minimum Gasteiger partial charge on any atom is -0.326 e. The van der Waals surface area contributed by atoms with Crippen LogP contribution in [0.4, 0.5) is 0 Å². The molecular weight excluding hydrogens is 248 g/mol. The molecule has 102 valence electrons. The van der Waals surface area contributed by atoms with Crippen molar-refractivity contribution in [1.29, 1.82) is 0 Å². The fourth-order valence-electron chi connectivity index (χ4n) is 2.41. The molecule has 0 aliphatic rings. The van der Waals surface area contributed by atoms with E-state index in [2.05, 4.69) is 31.1 Å². The molecule has 0 radical (unpaired) electrons. The van der Waals surface area contributed by atoms with E-state index in [1.165, 1.54) is 5.56 Å². The number of nitrogens with two attached hydrogens (primary N) is 1. The third-order valence-corrected chi connectivity index (χ3v) is 3.85. The molecule has 3 rings (SSSR count). The number of hydrogen-bond donors (Lipinski definition) is 1. The second kappa shape index (κ2) is 4.72. The van der Waals surface area contributed by atoms with Gasteiger partial charge in [-0.25, -0.2) is 9.67 Å². The third kappa shape index (κ3) is 1.89. The number of nitrogens with zero attached hydrogens (tertiary/aromatic N) is 3. The molecule has 0 aliphatic carbocycles. The van der Waals surface area contributed by atoms with Gasteiger partial charge in [-0.3, -0.25) is 0 Å². The number of benzene rings is 1. The van der Waals surface area contributed by atoms with E-state index < -0.39 is 0 Å². The Morgan fingerprint density at radius 3 is 2.55 bits per heavy atom. The summed E-state index contributed by atoms with van der Waals surface area (Å²) >= 11 is 0.